The van der Waals surface area contributed by atoms with Gasteiger partial charge in [-0.2, -0.15) is 5.10 Å². The maximum absolute atomic E-state index is 13.2. The molecule has 162 valence electrons. The quantitative estimate of drug-likeness (QED) is 0.681. The molecule has 1 N–H and O–H groups in total. The third-order valence-corrected chi connectivity index (χ3v) is 8.20. The predicted molar refractivity (Wildman–Crippen MR) is 115 cm³/mol. The topological polar surface area (TPSA) is 105 Å². The van der Waals surface area contributed by atoms with Gasteiger partial charge in [-0.15, -0.1) is 0 Å². The van der Waals surface area contributed by atoms with Crippen LogP contribution in [0.3, 0.4) is 0 Å². The van der Waals surface area contributed by atoms with Crippen LogP contribution in [0.1, 0.15) is 37.7 Å². The van der Waals surface area contributed by atoms with Gasteiger partial charge in [0, 0.05) is 30.5 Å². The number of carbonyl (C=O) groups is 2. The molecule has 30 heavy (non-hydrogen) atoms. The van der Waals surface area contributed by atoms with Gasteiger partial charge in [0.15, 0.2) is 9.84 Å². The van der Waals surface area contributed by atoms with Crippen molar-refractivity contribution in [3.63, 3.8) is 0 Å². The molecule has 4 rings (SSSR count). The third kappa shape index (κ3) is 4.45. The highest BCUT2D eigenvalue weighted by atomic mass is 79.9. The van der Waals surface area contributed by atoms with E-state index < -0.39 is 21.4 Å². The van der Waals surface area contributed by atoms with Crippen molar-refractivity contribution in [1.29, 1.82) is 0 Å². The summed E-state index contributed by atoms with van der Waals surface area (Å²) >= 11 is 3.50. The summed E-state index contributed by atoms with van der Waals surface area (Å²) in [5, 5.41) is 8.68. The molecule has 3 aliphatic rings. The summed E-state index contributed by atoms with van der Waals surface area (Å²) in [5.74, 6) is -0.613. The molecule has 1 aromatic carbocycles. The van der Waals surface area contributed by atoms with Crippen LogP contribution in [0.5, 0.6) is 0 Å². The number of sulfone groups is 1. The second-order valence-corrected chi connectivity index (χ2v) is 11.1. The Bertz CT molecular complexity index is 988. The molecule has 1 aromatic rings. The lowest BCUT2D eigenvalue weighted by Crippen LogP contribution is -2.53. The highest BCUT2D eigenvalue weighted by Crippen LogP contribution is 2.34. The van der Waals surface area contributed by atoms with Crippen LogP contribution < -0.4 is 5.32 Å². The average molecular weight is 498 g/mol. The summed E-state index contributed by atoms with van der Waals surface area (Å²) < 4.78 is 30.1. The molecule has 1 atom stereocenters. The first kappa shape index (κ1) is 21.5. The van der Waals surface area contributed by atoms with Crippen molar-refractivity contribution in [2.24, 2.45) is 5.10 Å². The number of halogens is 1. The summed E-state index contributed by atoms with van der Waals surface area (Å²) in [4.78, 5) is 25.5. The molecule has 0 aliphatic carbocycles. The first-order chi connectivity index (χ1) is 14.3. The van der Waals surface area contributed by atoms with Crippen molar-refractivity contribution in [3.05, 3.63) is 34.3 Å². The van der Waals surface area contributed by atoms with Gasteiger partial charge in [0.25, 0.3) is 5.91 Å². The van der Waals surface area contributed by atoms with Gasteiger partial charge in [0.2, 0.25) is 5.91 Å². The van der Waals surface area contributed by atoms with E-state index in [0.29, 0.717) is 32.5 Å². The Morgan fingerprint density at radius 1 is 1.27 bits per heavy atom. The lowest BCUT2D eigenvalue weighted by molar-refractivity contribution is -0.133. The van der Waals surface area contributed by atoms with E-state index in [1.54, 1.807) is 0 Å². The summed E-state index contributed by atoms with van der Waals surface area (Å²) in [6.07, 6.45) is 2.01. The zero-order valence-electron chi connectivity index (χ0n) is 16.5. The van der Waals surface area contributed by atoms with E-state index in [1.165, 1.54) is 5.01 Å². The van der Waals surface area contributed by atoms with Crippen molar-refractivity contribution in [2.75, 3.05) is 24.7 Å². The Hall–Kier alpha value is -1.78. The molecular weight excluding hydrogens is 474 g/mol. The molecule has 2 saturated heterocycles. The molecule has 2 fully saturated rings. The lowest BCUT2D eigenvalue weighted by atomic mass is 9.82. The fourth-order valence-electron chi connectivity index (χ4n) is 4.27. The van der Waals surface area contributed by atoms with Gasteiger partial charge < -0.3 is 10.1 Å². The monoisotopic (exact) mass is 497 g/mol. The van der Waals surface area contributed by atoms with Gasteiger partial charge in [-0.25, -0.2) is 13.4 Å². The number of carbonyl (C=O) groups excluding carboxylic acids is 2. The Balaban J connectivity index is 1.58. The van der Waals surface area contributed by atoms with Crippen LogP contribution in [0.4, 0.5) is 0 Å². The molecule has 3 heterocycles. The largest absolute Gasteiger partial charge is 0.381 e. The van der Waals surface area contributed by atoms with E-state index in [4.69, 9.17) is 4.74 Å². The Morgan fingerprint density at radius 2 is 2.03 bits per heavy atom. The van der Waals surface area contributed by atoms with E-state index in [-0.39, 0.29) is 41.9 Å². The van der Waals surface area contributed by atoms with E-state index in [2.05, 4.69) is 26.3 Å². The predicted octanol–water partition coefficient (Wildman–Crippen LogP) is 1.74. The molecule has 8 nitrogen and oxygen atoms in total. The lowest BCUT2D eigenvalue weighted by Gasteiger charge is -2.39. The van der Waals surface area contributed by atoms with Crippen LogP contribution in [0, 0.1) is 0 Å². The Morgan fingerprint density at radius 3 is 2.70 bits per heavy atom. The van der Waals surface area contributed by atoms with Crippen molar-refractivity contribution in [1.82, 2.24) is 10.3 Å². The van der Waals surface area contributed by atoms with Gasteiger partial charge in [0.1, 0.15) is 5.71 Å². The minimum absolute atomic E-state index is 0.0461. The third-order valence-electron chi connectivity index (χ3n) is 5.95. The second-order valence-electron chi connectivity index (χ2n) is 8.00. The molecular formula is C20H24BrN3O5S. The minimum Gasteiger partial charge on any atom is -0.381 e. The van der Waals surface area contributed by atoms with Crippen LogP contribution >= 0.6 is 15.9 Å². The number of amides is 2. The fraction of sp³-hybridized carbons (Fsp3) is 0.550. The van der Waals surface area contributed by atoms with Gasteiger partial charge in [-0.05, 0) is 37.0 Å². The number of rotatable bonds is 4. The zero-order valence-corrected chi connectivity index (χ0v) is 18.9. The number of hydrazone groups is 1. The standard InChI is InChI=1S/C20H24BrN3O5S/c21-15-3-1-2-14(12-15)20(7-9-29-10-8-20)22-19(26)17-4-5-18(25)24(23-17)16-6-11-30(27,28)13-16/h1-3,12,16H,4-11,13H2,(H,22,26). The SMILES string of the molecule is O=C(NC1(c2cccc(Br)c2)CCOCC1)C1=NN(C2CCS(=O)(=O)C2)C(=O)CC1. The number of benzene rings is 1. The summed E-state index contributed by atoms with van der Waals surface area (Å²) in [5.41, 5.74) is 0.671. The smallest absolute Gasteiger partial charge is 0.268 e. The first-order valence-electron chi connectivity index (χ1n) is 10.0. The van der Waals surface area contributed by atoms with Crippen LogP contribution in [0.25, 0.3) is 0 Å². The van der Waals surface area contributed by atoms with Crippen molar-refractivity contribution >= 4 is 43.3 Å². The molecule has 0 bridgehead atoms. The number of hydrogen-bond acceptors (Lipinski definition) is 6. The van der Waals surface area contributed by atoms with E-state index in [1.807, 2.05) is 24.3 Å². The van der Waals surface area contributed by atoms with Gasteiger partial charge in [-0.1, -0.05) is 28.1 Å². The van der Waals surface area contributed by atoms with E-state index in [9.17, 15) is 18.0 Å². The number of nitrogens with one attached hydrogen (secondary N) is 1. The normalized spacial score (nSPS) is 25.6. The first-order valence-corrected chi connectivity index (χ1v) is 12.7. The molecule has 0 spiro atoms. The van der Waals surface area contributed by atoms with Crippen molar-refractivity contribution < 1.29 is 22.7 Å². The molecule has 0 aromatic heterocycles. The van der Waals surface area contributed by atoms with Gasteiger partial charge in [0.05, 0.1) is 23.1 Å². The van der Waals surface area contributed by atoms with Crippen molar-refractivity contribution in [3.8, 4) is 0 Å². The van der Waals surface area contributed by atoms with Crippen LogP contribution in [0.15, 0.2) is 33.8 Å². The highest BCUT2D eigenvalue weighted by Gasteiger charge is 2.40. The minimum atomic E-state index is -3.16. The molecule has 0 radical (unpaired) electrons. The van der Waals surface area contributed by atoms with Gasteiger partial charge >= 0.3 is 0 Å². The Labute approximate surface area is 184 Å². The van der Waals surface area contributed by atoms with Gasteiger partial charge in [-0.3, -0.25) is 9.59 Å². The van der Waals surface area contributed by atoms with E-state index >= 15 is 0 Å². The molecule has 1 unspecified atom stereocenters. The molecule has 10 heteroatoms. The second kappa shape index (κ2) is 8.39. The number of nitrogens with zero attached hydrogens (tertiary/aromatic N) is 2. The van der Waals surface area contributed by atoms with Crippen LogP contribution in [-0.4, -0.2) is 61.7 Å². The number of hydrogen-bond donors (Lipinski definition) is 1. The maximum Gasteiger partial charge on any atom is 0.268 e. The maximum atomic E-state index is 13.2. The molecule has 0 saturated carbocycles. The zero-order chi connectivity index (χ0) is 21.4. The average Bonchev–Trinajstić information content (AvgIpc) is 3.08. The summed E-state index contributed by atoms with van der Waals surface area (Å²) in [6.45, 7) is 1.06. The van der Waals surface area contributed by atoms with Crippen LogP contribution in [-0.2, 0) is 29.7 Å². The summed E-state index contributed by atoms with van der Waals surface area (Å²) in [6, 6.07) is 7.35. The van der Waals surface area contributed by atoms with Crippen LogP contribution in [0.2, 0.25) is 0 Å². The van der Waals surface area contributed by atoms with Crippen molar-refractivity contribution in [2.45, 2.75) is 43.7 Å². The fourth-order valence-corrected chi connectivity index (χ4v) is 6.36. The highest BCUT2D eigenvalue weighted by molar-refractivity contribution is 9.10. The van der Waals surface area contributed by atoms with E-state index in [0.717, 1.165) is 10.0 Å². The Kier molecular flexibility index (Phi) is 6.00. The molecule has 2 amide bonds. The summed E-state index contributed by atoms with van der Waals surface area (Å²) in [7, 11) is -3.16. The number of ether oxygens (including phenoxy) is 1. The molecule has 3 aliphatic heterocycles.